The van der Waals surface area contributed by atoms with Gasteiger partial charge in [-0.15, -0.1) is 11.3 Å². The molecule has 1 amide bonds. The van der Waals surface area contributed by atoms with Crippen LogP contribution in [0.4, 0.5) is 0 Å². The molecular formula is C16H22N4O2S. The highest BCUT2D eigenvalue weighted by atomic mass is 32.1. The number of amides is 1. The number of rotatable bonds is 5. The molecule has 1 fully saturated rings. The molecule has 0 saturated carbocycles. The van der Waals surface area contributed by atoms with Gasteiger partial charge in [-0.05, 0) is 12.8 Å². The predicted octanol–water partition coefficient (Wildman–Crippen LogP) is 2.99. The smallest absolute Gasteiger partial charge is 0.227 e. The lowest BCUT2D eigenvalue weighted by Crippen LogP contribution is -2.39. The molecule has 1 aliphatic rings. The van der Waals surface area contributed by atoms with Gasteiger partial charge in [0.25, 0.3) is 0 Å². The van der Waals surface area contributed by atoms with Gasteiger partial charge in [0.2, 0.25) is 11.8 Å². The molecule has 6 nitrogen and oxygen atoms in total. The lowest BCUT2D eigenvalue weighted by atomic mass is 9.98. The summed E-state index contributed by atoms with van der Waals surface area (Å²) < 4.78 is 5.20. The summed E-state index contributed by atoms with van der Waals surface area (Å²) in [4.78, 5) is 23.1. The maximum atomic E-state index is 12.4. The third-order valence-corrected chi connectivity index (χ3v) is 5.07. The molecule has 3 rings (SSSR count). The number of nitrogens with zero attached hydrogens (tertiary/aromatic N) is 4. The molecule has 7 heteroatoms. The van der Waals surface area contributed by atoms with Crippen molar-refractivity contribution in [1.29, 1.82) is 0 Å². The molecule has 2 aromatic heterocycles. The van der Waals surface area contributed by atoms with Crippen molar-refractivity contribution in [3.8, 4) is 0 Å². The molecule has 0 aliphatic carbocycles. The highest BCUT2D eigenvalue weighted by Gasteiger charge is 2.26. The summed E-state index contributed by atoms with van der Waals surface area (Å²) in [7, 11) is 0. The first kappa shape index (κ1) is 16.1. The van der Waals surface area contributed by atoms with Gasteiger partial charge in [0.15, 0.2) is 5.82 Å². The summed E-state index contributed by atoms with van der Waals surface area (Å²) >= 11 is 1.68. The van der Waals surface area contributed by atoms with E-state index in [1.807, 2.05) is 30.3 Å². The van der Waals surface area contributed by atoms with Crippen molar-refractivity contribution in [1.82, 2.24) is 20.0 Å². The second-order valence-corrected chi connectivity index (χ2v) is 7.18. The number of carbonyl (C=O) groups is 1. The number of likely N-dealkylation sites (tertiary alicyclic amines) is 1. The highest BCUT2D eigenvalue weighted by Crippen LogP contribution is 2.28. The summed E-state index contributed by atoms with van der Waals surface area (Å²) in [5.41, 5.74) is 0. The first-order valence-corrected chi connectivity index (χ1v) is 9.01. The van der Waals surface area contributed by atoms with Gasteiger partial charge in [0.1, 0.15) is 0 Å². The van der Waals surface area contributed by atoms with E-state index in [1.54, 1.807) is 11.3 Å². The van der Waals surface area contributed by atoms with E-state index in [1.165, 1.54) is 0 Å². The van der Waals surface area contributed by atoms with Crippen molar-refractivity contribution >= 4 is 17.2 Å². The Labute approximate surface area is 139 Å². The van der Waals surface area contributed by atoms with Crippen LogP contribution in [-0.2, 0) is 11.2 Å². The monoisotopic (exact) mass is 334 g/mol. The third-order valence-electron chi connectivity index (χ3n) is 4.13. The number of piperidine rings is 1. The van der Waals surface area contributed by atoms with Gasteiger partial charge in [0, 0.05) is 49.3 Å². The van der Waals surface area contributed by atoms with E-state index in [4.69, 9.17) is 4.52 Å². The Bertz CT molecular complexity index is 638. The van der Waals surface area contributed by atoms with Crippen LogP contribution < -0.4 is 0 Å². The third kappa shape index (κ3) is 3.96. The number of hydrogen-bond acceptors (Lipinski definition) is 6. The van der Waals surface area contributed by atoms with Gasteiger partial charge in [-0.3, -0.25) is 4.79 Å². The molecule has 0 bridgehead atoms. The molecule has 0 N–H and O–H groups in total. The fourth-order valence-corrected chi connectivity index (χ4v) is 3.59. The van der Waals surface area contributed by atoms with Crippen molar-refractivity contribution in [3.05, 3.63) is 28.3 Å². The Hall–Kier alpha value is -1.76. The van der Waals surface area contributed by atoms with Crippen LogP contribution >= 0.6 is 11.3 Å². The topological polar surface area (TPSA) is 72.1 Å². The molecule has 124 valence electrons. The Kier molecular flexibility index (Phi) is 5.05. The fraction of sp³-hybridized carbons (Fsp3) is 0.625. The van der Waals surface area contributed by atoms with Crippen LogP contribution in [0.3, 0.4) is 0 Å². The lowest BCUT2D eigenvalue weighted by Gasteiger charge is -2.31. The first-order valence-electron chi connectivity index (χ1n) is 8.13. The van der Waals surface area contributed by atoms with E-state index in [0.717, 1.165) is 30.9 Å². The standard InChI is InChI=1S/C16H22N4O2S/c1-11(2)15-18-13(22-19-15)5-6-14(21)20-8-3-4-12(10-20)16-17-7-9-23-16/h7,9,11-12H,3-6,8,10H2,1-2H3/t12-/m1/s1. The van der Waals surface area contributed by atoms with E-state index < -0.39 is 0 Å². The summed E-state index contributed by atoms with van der Waals surface area (Å²) in [6, 6.07) is 0. The molecule has 3 heterocycles. The van der Waals surface area contributed by atoms with Gasteiger partial charge < -0.3 is 9.42 Å². The Balaban J connectivity index is 1.53. The number of hydrogen-bond donors (Lipinski definition) is 0. The van der Waals surface area contributed by atoms with Gasteiger partial charge >= 0.3 is 0 Å². The Morgan fingerprint density at radius 2 is 2.39 bits per heavy atom. The van der Waals surface area contributed by atoms with E-state index in [9.17, 15) is 4.79 Å². The van der Waals surface area contributed by atoms with Crippen LogP contribution in [0.1, 0.15) is 61.7 Å². The number of thiazole rings is 1. The first-order chi connectivity index (χ1) is 11.1. The summed E-state index contributed by atoms with van der Waals surface area (Å²) in [6.07, 6.45) is 4.91. The summed E-state index contributed by atoms with van der Waals surface area (Å²) in [5, 5.41) is 7.07. The summed E-state index contributed by atoms with van der Waals surface area (Å²) in [5.74, 6) is 2.04. The average molecular weight is 334 g/mol. The van der Waals surface area contributed by atoms with Crippen LogP contribution in [0.25, 0.3) is 0 Å². The largest absolute Gasteiger partial charge is 0.342 e. The second kappa shape index (κ2) is 7.21. The van der Waals surface area contributed by atoms with Crippen molar-refractivity contribution in [2.45, 2.75) is 51.4 Å². The minimum absolute atomic E-state index is 0.163. The van der Waals surface area contributed by atoms with Crippen molar-refractivity contribution in [2.75, 3.05) is 13.1 Å². The Morgan fingerprint density at radius 1 is 1.52 bits per heavy atom. The van der Waals surface area contributed by atoms with Gasteiger partial charge in [-0.2, -0.15) is 4.98 Å². The molecule has 0 unspecified atom stereocenters. The van der Waals surface area contributed by atoms with E-state index in [0.29, 0.717) is 30.5 Å². The minimum atomic E-state index is 0.163. The van der Waals surface area contributed by atoms with Crippen LogP contribution in [0.2, 0.25) is 0 Å². The molecule has 1 aliphatic heterocycles. The molecule has 2 aromatic rings. The molecule has 0 radical (unpaired) electrons. The van der Waals surface area contributed by atoms with Crippen molar-refractivity contribution in [2.24, 2.45) is 0 Å². The number of carbonyl (C=O) groups excluding carboxylic acids is 1. The minimum Gasteiger partial charge on any atom is -0.342 e. The van der Waals surface area contributed by atoms with Crippen molar-refractivity contribution < 1.29 is 9.32 Å². The summed E-state index contributed by atoms with van der Waals surface area (Å²) in [6.45, 7) is 5.65. The zero-order valence-electron chi connectivity index (χ0n) is 13.6. The van der Waals surface area contributed by atoms with Crippen molar-refractivity contribution in [3.63, 3.8) is 0 Å². The van der Waals surface area contributed by atoms with Crippen LogP contribution in [0, 0.1) is 0 Å². The average Bonchev–Trinajstić information content (AvgIpc) is 3.24. The molecular weight excluding hydrogens is 312 g/mol. The van der Waals surface area contributed by atoms with E-state index >= 15 is 0 Å². The zero-order chi connectivity index (χ0) is 16.2. The van der Waals surface area contributed by atoms with E-state index in [-0.39, 0.29) is 11.8 Å². The zero-order valence-corrected chi connectivity index (χ0v) is 14.4. The van der Waals surface area contributed by atoms with E-state index in [2.05, 4.69) is 15.1 Å². The maximum absolute atomic E-state index is 12.4. The maximum Gasteiger partial charge on any atom is 0.227 e. The van der Waals surface area contributed by atoms with Gasteiger partial charge in [-0.1, -0.05) is 19.0 Å². The highest BCUT2D eigenvalue weighted by molar-refractivity contribution is 7.09. The normalized spacial score (nSPS) is 18.6. The van der Waals surface area contributed by atoms with Gasteiger partial charge in [0.05, 0.1) is 5.01 Å². The van der Waals surface area contributed by atoms with Crippen LogP contribution in [-0.4, -0.2) is 39.0 Å². The quantitative estimate of drug-likeness (QED) is 0.840. The number of aryl methyl sites for hydroxylation is 1. The Morgan fingerprint density at radius 3 is 3.09 bits per heavy atom. The molecule has 1 atom stereocenters. The molecule has 0 spiro atoms. The SMILES string of the molecule is CC(C)c1noc(CCC(=O)N2CCC[C@@H](c3nccs3)C2)n1. The molecule has 0 aromatic carbocycles. The lowest BCUT2D eigenvalue weighted by molar-refractivity contribution is -0.132. The number of aromatic nitrogens is 3. The van der Waals surface area contributed by atoms with Crippen LogP contribution in [0.15, 0.2) is 16.1 Å². The fourth-order valence-electron chi connectivity index (χ4n) is 2.82. The second-order valence-electron chi connectivity index (χ2n) is 6.25. The van der Waals surface area contributed by atoms with Crippen LogP contribution in [0.5, 0.6) is 0 Å². The van der Waals surface area contributed by atoms with Gasteiger partial charge in [-0.25, -0.2) is 4.98 Å². The predicted molar refractivity (Wildman–Crippen MR) is 87.4 cm³/mol. The molecule has 23 heavy (non-hydrogen) atoms. The molecule has 1 saturated heterocycles.